The number of aliphatic hydroxyl groups excluding tert-OH is 1. The predicted octanol–water partition coefficient (Wildman–Crippen LogP) is 3.69. The summed E-state index contributed by atoms with van der Waals surface area (Å²) in [7, 11) is 0. The van der Waals surface area contributed by atoms with E-state index in [1.165, 1.54) is 6.07 Å². The molecule has 0 fully saturated rings. The average Bonchev–Trinajstić information content (AvgIpc) is 2.33. The van der Waals surface area contributed by atoms with Crippen molar-refractivity contribution in [3.8, 4) is 11.3 Å². The molecule has 1 aromatic carbocycles. The van der Waals surface area contributed by atoms with Crippen molar-refractivity contribution in [2.75, 3.05) is 0 Å². The molecule has 0 unspecified atom stereocenters. The van der Waals surface area contributed by atoms with Gasteiger partial charge in [-0.25, -0.2) is 4.39 Å². The molecular weight excluding hydrogens is 264 g/mol. The Morgan fingerprint density at radius 1 is 1.18 bits per heavy atom. The second-order valence-corrected chi connectivity index (χ2v) is 4.26. The van der Waals surface area contributed by atoms with Crippen molar-refractivity contribution in [2.24, 2.45) is 0 Å². The summed E-state index contributed by atoms with van der Waals surface area (Å²) in [6, 6.07) is 6.50. The number of aliphatic hydroxyl groups is 1. The van der Waals surface area contributed by atoms with Crippen LogP contribution in [0.3, 0.4) is 0 Å². The Bertz CT molecular complexity index is 560. The molecule has 0 bridgehead atoms. The van der Waals surface area contributed by atoms with E-state index in [-0.39, 0.29) is 12.2 Å². The van der Waals surface area contributed by atoms with Crippen LogP contribution in [0, 0.1) is 5.82 Å². The van der Waals surface area contributed by atoms with E-state index in [1.807, 2.05) is 0 Å². The zero-order chi connectivity index (χ0) is 12.4. The molecule has 1 N–H and O–H groups in total. The van der Waals surface area contributed by atoms with Gasteiger partial charge in [-0.15, -0.1) is 0 Å². The summed E-state index contributed by atoms with van der Waals surface area (Å²) in [6.07, 6.45) is 1.07. The van der Waals surface area contributed by atoms with Gasteiger partial charge in [0, 0.05) is 11.1 Å². The summed E-state index contributed by atoms with van der Waals surface area (Å²) in [6.45, 7) is -0.372. The monoisotopic (exact) mass is 271 g/mol. The summed E-state index contributed by atoms with van der Waals surface area (Å²) in [4.78, 5) is 3.94. The molecule has 1 heterocycles. The highest BCUT2D eigenvalue weighted by Crippen LogP contribution is 2.28. The van der Waals surface area contributed by atoms with Gasteiger partial charge >= 0.3 is 0 Å². The van der Waals surface area contributed by atoms with Crippen molar-refractivity contribution in [2.45, 2.75) is 6.61 Å². The van der Waals surface area contributed by atoms with Crippen LogP contribution in [-0.2, 0) is 6.61 Å². The van der Waals surface area contributed by atoms with Crippen molar-refractivity contribution in [3.05, 3.63) is 51.9 Å². The van der Waals surface area contributed by atoms with Crippen LogP contribution in [0.5, 0.6) is 0 Å². The van der Waals surface area contributed by atoms with E-state index < -0.39 is 5.82 Å². The molecule has 2 rings (SSSR count). The van der Waals surface area contributed by atoms with Gasteiger partial charge in [-0.3, -0.25) is 4.98 Å². The normalized spacial score (nSPS) is 10.6. The van der Waals surface area contributed by atoms with Crippen LogP contribution in [0.25, 0.3) is 11.3 Å². The Morgan fingerprint density at radius 2 is 1.94 bits per heavy atom. The fourth-order valence-corrected chi connectivity index (χ4v) is 1.71. The van der Waals surface area contributed by atoms with Gasteiger partial charge < -0.3 is 5.11 Å². The molecule has 0 saturated heterocycles. The molecule has 0 aliphatic rings. The molecule has 0 aliphatic carbocycles. The molecule has 0 aliphatic heterocycles. The number of nitrogens with zero attached hydrogens (tertiary/aromatic N) is 1. The largest absolute Gasteiger partial charge is 0.392 e. The van der Waals surface area contributed by atoms with Crippen LogP contribution in [0.1, 0.15) is 5.56 Å². The first-order valence-electron chi connectivity index (χ1n) is 4.82. The predicted molar refractivity (Wildman–Crippen MR) is 65.6 cm³/mol. The smallest absolute Gasteiger partial charge is 0.147 e. The van der Waals surface area contributed by atoms with E-state index in [1.54, 1.807) is 18.2 Å². The molecule has 0 spiro atoms. The Labute approximate surface area is 108 Å². The first-order chi connectivity index (χ1) is 8.11. The minimum absolute atomic E-state index is 0.195. The average molecular weight is 272 g/mol. The number of hydrogen-bond donors (Lipinski definition) is 1. The van der Waals surface area contributed by atoms with Crippen LogP contribution in [0.15, 0.2) is 30.5 Å². The van der Waals surface area contributed by atoms with E-state index in [0.29, 0.717) is 21.3 Å². The Morgan fingerprint density at radius 3 is 2.59 bits per heavy atom. The molecule has 2 aromatic rings. The zero-order valence-corrected chi connectivity index (χ0v) is 10.1. The second-order valence-electron chi connectivity index (χ2n) is 3.45. The third-order valence-electron chi connectivity index (χ3n) is 2.32. The van der Waals surface area contributed by atoms with Gasteiger partial charge in [-0.1, -0.05) is 29.3 Å². The fraction of sp³-hybridized carbons (Fsp3) is 0.0833. The number of halogens is 3. The highest BCUT2D eigenvalue weighted by molar-refractivity contribution is 6.42. The maximum Gasteiger partial charge on any atom is 0.147 e. The van der Waals surface area contributed by atoms with Gasteiger partial charge in [0.1, 0.15) is 5.82 Å². The number of pyridine rings is 1. The molecule has 1 aromatic heterocycles. The first kappa shape index (κ1) is 12.3. The van der Waals surface area contributed by atoms with Gasteiger partial charge in [0.2, 0.25) is 0 Å². The Hall–Kier alpha value is -1.16. The quantitative estimate of drug-likeness (QED) is 0.904. The van der Waals surface area contributed by atoms with E-state index in [2.05, 4.69) is 4.98 Å². The summed E-state index contributed by atoms with van der Waals surface area (Å²) >= 11 is 11.7. The van der Waals surface area contributed by atoms with Crippen molar-refractivity contribution in [1.29, 1.82) is 0 Å². The van der Waals surface area contributed by atoms with Gasteiger partial charge in [-0.2, -0.15) is 0 Å². The van der Waals surface area contributed by atoms with Crippen LogP contribution < -0.4 is 0 Å². The molecule has 0 amide bonds. The van der Waals surface area contributed by atoms with Crippen LogP contribution >= 0.6 is 23.2 Å². The second kappa shape index (κ2) is 5.00. The molecule has 17 heavy (non-hydrogen) atoms. The Balaban J connectivity index is 2.49. The van der Waals surface area contributed by atoms with Crippen molar-refractivity contribution >= 4 is 23.2 Å². The van der Waals surface area contributed by atoms with E-state index in [4.69, 9.17) is 28.3 Å². The zero-order valence-electron chi connectivity index (χ0n) is 8.62. The topological polar surface area (TPSA) is 33.1 Å². The maximum atomic E-state index is 13.2. The summed E-state index contributed by atoms with van der Waals surface area (Å²) in [5.74, 6) is -0.531. The lowest BCUT2D eigenvalue weighted by molar-refractivity contribution is 0.275. The van der Waals surface area contributed by atoms with Crippen LogP contribution in [-0.4, -0.2) is 10.1 Å². The molecule has 0 radical (unpaired) electrons. The minimum Gasteiger partial charge on any atom is -0.392 e. The molecule has 2 nitrogen and oxygen atoms in total. The molecular formula is C12H8Cl2FNO. The maximum absolute atomic E-state index is 13.2. The summed E-state index contributed by atoms with van der Waals surface area (Å²) in [5, 5.41) is 9.82. The molecule has 0 atom stereocenters. The van der Waals surface area contributed by atoms with E-state index in [9.17, 15) is 4.39 Å². The first-order valence-corrected chi connectivity index (χ1v) is 5.58. The lowest BCUT2D eigenvalue weighted by Crippen LogP contribution is -1.93. The van der Waals surface area contributed by atoms with Crippen LogP contribution in [0.2, 0.25) is 10.0 Å². The summed E-state index contributed by atoms with van der Waals surface area (Å²) < 4.78 is 13.2. The molecule has 5 heteroatoms. The van der Waals surface area contributed by atoms with Gasteiger partial charge in [0.15, 0.2) is 0 Å². The standard InChI is InChI=1S/C12H8Cl2FNO/c13-9-2-1-7(3-10(9)14)12-4-8(6-17)11(15)5-16-12/h1-5,17H,6H2. The number of benzene rings is 1. The van der Waals surface area contributed by atoms with Crippen molar-refractivity contribution in [1.82, 2.24) is 4.98 Å². The minimum atomic E-state index is -0.531. The highest BCUT2D eigenvalue weighted by atomic mass is 35.5. The SMILES string of the molecule is OCc1cc(-c2ccc(Cl)c(Cl)c2)ncc1F. The van der Waals surface area contributed by atoms with Gasteiger partial charge in [0.25, 0.3) is 0 Å². The van der Waals surface area contributed by atoms with Crippen molar-refractivity contribution < 1.29 is 9.50 Å². The van der Waals surface area contributed by atoms with Gasteiger partial charge in [0.05, 0.1) is 28.5 Å². The fourth-order valence-electron chi connectivity index (χ4n) is 1.41. The summed E-state index contributed by atoms with van der Waals surface area (Å²) in [5.41, 5.74) is 1.45. The number of rotatable bonds is 2. The molecule has 88 valence electrons. The third-order valence-corrected chi connectivity index (χ3v) is 3.06. The number of hydrogen-bond acceptors (Lipinski definition) is 2. The van der Waals surface area contributed by atoms with Crippen molar-refractivity contribution in [3.63, 3.8) is 0 Å². The van der Waals surface area contributed by atoms with E-state index >= 15 is 0 Å². The van der Waals surface area contributed by atoms with Gasteiger partial charge in [-0.05, 0) is 18.2 Å². The number of aromatic nitrogens is 1. The van der Waals surface area contributed by atoms with Crippen LogP contribution in [0.4, 0.5) is 4.39 Å². The lowest BCUT2D eigenvalue weighted by Gasteiger charge is -2.05. The third kappa shape index (κ3) is 2.57. The Kier molecular flexibility index (Phi) is 3.62. The van der Waals surface area contributed by atoms with E-state index in [0.717, 1.165) is 6.20 Å². The highest BCUT2D eigenvalue weighted by Gasteiger charge is 2.07. The lowest BCUT2D eigenvalue weighted by atomic mass is 10.1. The molecule has 0 saturated carbocycles.